The van der Waals surface area contributed by atoms with E-state index in [9.17, 15) is 4.79 Å². The normalized spacial score (nSPS) is 15.8. The summed E-state index contributed by atoms with van der Waals surface area (Å²) in [6.45, 7) is 1.61. The van der Waals surface area contributed by atoms with E-state index in [-0.39, 0.29) is 0 Å². The van der Waals surface area contributed by atoms with Crippen LogP contribution in [-0.2, 0) is 10.3 Å². The minimum Gasteiger partial charge on any atom is -0.368 e. The van der Waals surface area contributed by atoms with Crippen LogP contribution in [0, 0.1) is 0 Å². The molecule has 11 heavy (non-hydrogen) atoms. The molecule has 1 aromatic heterocycles. The quantitative estimate of drug-likeness (QED) is 0.674. The molecule has 0 bridgehead atoms. The van der Waals surface area contributed by atoms with Gasteiger partial charge in [0.1, 0.15) is 5.54 Å². The van der Waals surface area contributed by atoms with Crippen molar-refractivity contribution in [2.24, 2.45) is 11.5 Å². The third kappa shape index (κ3) is 1.41. The van der Waals surface area contributed by atoms with Crippen LogP contribution >= 0.6 is 11.3 Å². The highest BCUT2D eigenvalue weighted by atomic mass is 32.1. The Bertz CT molecular complexity index is 253. The van der Waals surface area contributed by atoms with Crippen LogP contribution in [-0.4, -0.2) is 5.91 Å². The first-order chi connectivity index (χ1) is 5.05. The summed E-state index contributed by atoms with van der Waals surface area (Å²) in [5.74, 6) is -0.500. The van der Waals surface area contributed by atoms with E-state index < -0.39 is 11.4 Å². The maximum atomic E-state index is 10.8. The molecule has 60 valence electrons. The number of rotatable bonds is 2. The van der Waals surface area contributed by atoms with Crippen molar-refractivity contribution in [2.45, 2.75) is 12.5 Å². The Morgan fingerprint density at radius 1 is 1.73 bits per heavy atom. The summed E-state index contributed by atoms with van der Waals surface area (Å²) in [7, 11) is 0. The summed E-state index contributed by atoms with van der Waals surface area (Å²) in [6.07, 6.45) is 0. The van der Waals surface area contributed by atoms with Gasteiger partial charge in [-0.25, -0.2) is 0 Å². The topological polar surface area (TPSA) is 69.1 Å². The smallest absolute Gasteiger partial charge is 0.242 e. The Kier molecular flexibility index (Phi) is 1.97. The average Bonchev–Trinajstić information content (AvgIpc) is 2.37. The van der Waals surface area contributed by atoms with Gasteiger partial charge in [-0.2, -0.15) is 0 Å². The second kappa shape index (κ2) is 2.64. The number of amides is 1. The Morgan fingerprint density at radius 3 is 2.73 bits per heavy atom. The largest absolute Gasteiger partial charge is 0.368 e. The molecule has 0 radical (unpaired) electrons. The SMILES string of the molecule is C[C@](N)(C(N)=O)c1cccs1. The summed E-state index contributed by atoms with van der Waals surface area (Å²) >= 11 is 1.43. The summed E-state index contributed by atoms with van der Waals surface area (Å²) in [5.41, 5.74) is 9.75. The molecule has 0 aliphatic heterocycles. The fourth-order valence-electron chi connectivity index (χ4n) is 0.695. The van der Waals surface area contributed by atoms with Crippen molar-refractivity contribution in [3.63, 3.8) is 0 Å². The van der Waals surface area contributed by atoms with Gasteiger partial charge in [0.25, 0.3) is 0 Å². The third-order valence-electron chi connectivity index (χ3n) is 1.54. The van der Waals surface area contributed by atoms with Gasteiger partial charge in [-0.05, 0) is 18.4 Å². The van der Waals surface area contributed by atoms with Crippen LogP contribution in [0.2, 0.25) is 0 Å². The van der Waals surface area contributed by atoms with Crippen LogP contribution in [0.1, 0.15) is 11.8 Å². The van der Waals surface area contributed by atoms with Gasteiger partial charge in [0.2, 0.25) is 5.91 Å². The van der Waals surface area contributed by atoms with Gasteiger partial charge in [-0.15, -0.1) is 11.3 Å². The summed E-state index contributed by atoms with van der Waals surface area (Å²) < 4.78 is 0. The Morgan fingerprint density at radius 2 is 2.36 bits per heavy atom. The predicted molar refractivity (Wildman–Crippen MR) is 45.1 cm³/mol. The van der Waals surface area contributed by atoms with E-state index in [2.05, 4.69) is 0 Å². The number of hydrogen-bond acceptors (Lipinski definition) is 3. The molecule has 0 aromatic carbocycles. The first-order valence-corrected chi connectivity index (χ1v) is 4.06. The number of thiophene rings is 1. The van der Waals surface area contributed by atoms with Crippen molar-refractivity contribution in [2.75, 3.05) is 0 Å². The van der Waals surface area contributed by atoms with Crippen LogP contribution in [0.3, 0.4) is 0 Å². The summed E-state index contributed by atoms with van der Waals surface area (Å²) in [4.78, 5) is 11.6. The molecule has 1 aromatic rings. The van der Waals surface area contributed by atoms with Gasteiger partial charge in [0.05, 0.1) is 0 Å². The van der Waals surface area contributed by atoms with Crippen LogP contribution in [0.5, 0.6) is 0 Å². The van der Waals surface area contributed by atoms with E-state index in [0.717, 1.165) is 4.88 Å². The maximum Gasteiger partial charge on any atom is 0.242 e. The Hall–Kier alpha value is -0.870. The molecule has 0 fully saturated rings. The number of carbonyl (C=O) groups is 1. The fraction of sp³-hybridized carbons (Fsp3) is 0.286. The van der Waals surface area contributed by atoms with E-state index in [4.69, 9.17) is 11.5 Å². The van der Waals surface area contributed by atoms with E-state index in [1.165, 1.54) is 11.3 Å². The second-order valence-electron chi connectivity index (χ2n) is 2.54. The third-order valence-corrected chi connectivity index (χ3v) is 2.65. The van der Waals surface area contributed by atoms with Crippen LogP contribution in [0.4, 0.5) is 0 Å². The maximum absolute atomic E-state index is 10.8. The van der Waals surface area contributed by atoms with Gasteiger partial charge in [0, 0.05) is 4.88 Å². The lowest BCUT2D eigenvalue weighted by atomic mass is 10.0. The molecule has 0 aliphatic rings. The highest BCUT2D eigenvalue weighted by Gasteiger charge is 2.28. The molecule has 0 spiro atoms. The molecule has 3 nitrogen and oxygen atoms in total. The lowest BCUT2D eigenvalue weighted by molar-refractivity contribution is -0.122. The number of nitrogens with two attached hydrogens (primary N) is 2. The highest BCUT2D eigenvalue weighted by Crippen LogP contribution is 2.21. The first-order valence-electron chi connectivity index (χ1n) is 3.18. The van der Waals surface area contributed by atoms with Crippen molar-refractivity contribution >= 4 is 17.2 Å². The van der Waals surface area contributed by atoms with Gasteiger partial charge in [-0.3, -0.25) is 4.79 Å². The molecule has 4 N–H and O–H groups in total. The van der Waals surface area contributed by atoms with Crippen molar-refractivity contribution in [3.05, 3.63) is 22.4 Å². The molecule has 4 heteroatoms. The molecular formula is C7H10N2OS. The van der Waals surface area contributed by atoms with E-state index in [1.807, 2.05) is 11.4 Å². The van der Waals surface area contributed by atoms with Crippen LogP contribution < -0.4 is 11.5 Å². The van der Waals surface area contributed by atoms with E-state index >= 15 is 0 Å². The minimum absolute atomic E-state index is 0.500. The van der Waals surface area contributed by atoms with E-state index in [1.54, 1.807) is 13.0 Å². The zero-order valence-electron chi connectivity index (χ0n) is 6.20. The molecule has 0 saturated heterocycles. The van der Waals surface area contributed by atoms with Crippen LogP contribution in [0.15, 0.2) is 17.5 Å². The summed E-state index contributed by atoms with van der Waals surface area (Å²) in [6, 6.07) is 3.64. The number of carbonyl (C=O) groups excluding carboxylic acids is 1. The van der Waals surface area contributed by atoms with Gasteiger partial charge >= 0.3 is 0 Å². The molecule has 0 unspecified atom stereocenters. The summed E-state index contributed by atoms with van der Waals surface area (Å²) in [5, 5.41) is 1.86. The van der Waals surface area contributed by atoms with Gasteiger partial charge in [0.15, 0.2) is 0 Å². The minimum atomic E-state index is -1.02. The van der Waals surface area contributed by atoms with Gasteiger partial charge < -0.3 is 11.5 Å². The van der Waals surface area contributed by atoms with E-state index in [0.29, 0.717) is 0 Å². The Balaban J connectivity index is 3.00. The lowest BCUT2D eigenvalue weighted by Crippen LogP contribution is -2.45. The molecule has 1 heterocycles. The van der Waals surface area contributed by atoms with Crippen molar-refractivity contribution in [1.29, 1.82) is 0 Å². The second-order valence-corrected chi connectivity index (χ2v) is 3.49. The number of primary amides is 1. The predicted octanol–water partition coefficient (Wildman–Crippen LogP) is 0.407. The zero-order chi connectivity index (χ0) is 8.48. The lowest BCUT2D eigenvalue weighted by Gasteiger charge is -2.17. The van der Waals surface area contributed by atoms with Gasteiger partial charge in [-0.1, -0.05) is 6.07 Å². The molecule has 1 rings (SSSR count). The number of hydrogen-bond donors (Lipinski definition) is 2. The van der Waals surface area contributed by atoms with Crippen molar-refractivity contribution in [1.82, 2.24) is 0 Å². The first kappa shape index (κ1) is 8.23. The molecule has 1 atom stereocenters. The molecule has 0 aliphatic carbocycles. The molecular weight excluding hydrogens is 160 g/mol. The molecule has 0 saturated carbocycles. The average molecular weight is 170 g/mol. The van der Waals surface area contributed by atoms with Crippen molar-refractivity contribution < 1.29 is 4.79 Å². The zero-order valence-corrected chi connectivity index (χ0v) is 7.02. The van der Waals surface area contributed by atoms with Crippen molar-refractivity contribution in [3.8, 4) is 0 Å². The highest BCUT2D eigenvalue weighted by molar-refractivity contribution is 7.10. The van der Waals surface area contributed by atoms with Crippen LogP contribution in [0.25, 0.3) is 0 Å². The fourth-order valence-corrected chi connectivity index (χ4v) is 1.50. The molecule has 1 amide bonds. The Labute approximate surface area is 69.0 Å². The monoisotopic (exact) mass is 170 g/mol. The standard InChI is InChI=1S/C7H10N2OS/c1-7(9,6(8)10)5-3-2-4-11-5/h2-4H,9H2,1H3,(H2,8,10)/t7-/m1/s1.